The minimum absolute atomic E-state index is 0.0599. The van der Waals surface area contributed by atoms with Gasteiger partial charge in [-0.3, -0.25) is 9.69 Å². The summed E-state index contributed by atoms with van der Waals surface area (Å²) in [6.45, 7) is 8.03. The molecule has 94 valence electrons. The fourth-order valence-corrected chi connectivity index (χ4v) is 2.64. The summed E-state index contributed by atoms with van der Waals surface area (Å²) < 4.78 is 0. The molecule has 16 heavy (non-hydrogen) atoms. The second-order valence-electron chi connectivity index (χ2n) is 4.43. The van der Waals surface area contributed by atoms with Crippen molar-refractivity contribution in [3.05, 3.63) is 0 Å². The number of thiol groups is 1. The molecule has 0 saturated carbocycles. The second kappa shape index (κ2) is 7.45. The highest BCUT2D eigenvalue weighted by molar-refractivity contribution is 7.99. The van der Waals surface area contributed by atoms with Crippen LogP contribution in [-0.4, -0.2) is 53.7 Å². The number of nitrogens with one attached hydrogen (secondary N) is 1. The van der Waals surface area contributed by atoms with Gasteiger partial charge in [0.2, 0.25) is 5.91 Å². The van der Waals surface area contributed by atoms with Crippen LogP contribution in [0.4, 0.5) is 0 Å². The Kier molecular flexibility index (Phi) is 6.61. The van der Waals surface area contributed by atoms with Crippen LogP contribution in [0.15, 0.2) is 0 Å². The topological polar surface area (TPSA) is 32.3 Å². The fourth-order valence-electron chi connectivity index (χ4n) is 1.57. The maximum atomic E-state index is 11.6. The van der Waals surface area contributed by atoms with Gasteiger partial charge in [-0.05, 0) is 5.92 Å². The van der Waals surface area contributed by atoms with Crippen molar-refractivity contribution in [3.8, 4) is 0 Å². The zero-order chi connectivity index (χ0) is 12.0. The van der Waals surface area contributed by atoms with E-state index in [9.17, 15) is 4.79 Å². The first-order valence-electron chi connectivity index (χ1n) is 5.87. The number of carbonyl (C=O) groups is 1. The minimum Gasteiger partial charge on any atom is -0.354 e. The summed E-state index contributed by atoms with van der Waals surface area (Å²) in [5, 5.41) is 2.76. The third-order valence-electron chi connectivity index (χ3n) is 2.73. The molecule has 1 atom stereocenters. The average molecular weight is 262 g/mol. The van der Waals surface area contributed by atoms with Gasteiger partial charge in [0, 0.05) is 37.7 Å². The molecule has 0 aromatic rings. The van der Waals surface area contributed by atoms with Gasteiger partial charge in [0.1, 0.15) is 0 Å². The lowest BCUT2D eigenvalue weighted by Crippen LogP contribution is -2.42. The number of rotatable bonds is 5. The van der Waals surface area contributed by atoms with E-state index in [4.69, 9.17) is 0 Å². The van der Waals surface area contributed by atoms with Crippen LogP contribution in [0.1, 0.15) is 13.8 Å². The van der Waals surface area contributed by atoms with E-state index in [1.165, 1.54) is 11.5 Å². The molecule has 0 spiro atoms. The molecule has 0 aromatic heterocycles. The normalized spacial score (nSPS) is 19.8. The third kappa shape index (κ3) is 4.97. The number of thioether (sulfide) groups is 1. The standard InChI is InChI=1S/C11H22N2OS2/c1-9(2)10(15)11(14)12-3-4-13-5-7-16-8-6-13/h9-10,15H,3-8H2,1-2H3,(H,12,14). The molecule has 1 rings (SSSR count). The highest BCUT2D eigenvalue weighted by Crippen LogP contribution is 2.09. The molecule has 0 bridgehead atoms. The quantitative estimate of drug-likeness (QED) is 0.728. The molecule has 0 radical (unpaired) electrons. The van der Waals surface area contributed by atoms with Gasteiger partial charge >= 0.3 is 0 Å². The predicted molar refractivity (Wildman–Crippen MR) is 74.4 cm³/mol. The van der Waals surface area contributed by atoms with E-state index in [-0.39, 0.29) is 17.1 Å². The molecule has 1 amide bonds. The Bertz CT molecular complexity index is 218. The van der Waals surface area contributed by atoms with Crippen LogP contribution in [0.25, 0.3) is 0 Å². The third-order valence-corrected chi connectivity index (χ3v) is 4.50. The summed E-state index contributed by atoms with van der Waals surface area (Å²) >= 11 is 6.30. The predicted octanol–water partition coefficient (Wildman–Crippen LogP) is 1.11. The van der Waals surface area contributed by atoms with Gasteiger partial charge in [-0.1, -0.05) is 13.8 Å². The van der Waals surface area contributed by atoms with E-state index in [2.05, 4.69) is 22.8 Å². The van der Waals surface area contributed by atoms with Gasteiger partial charge < -0.3 is 5.32 Å². The number of nitrogens with zero attached hydrogens (tertiary/aromatic N) is 1. The van der Waals surface area contributed by atoms with Crippen LogP contribution in [0.3, 0.4) is 0 Å². The Labute approximate surface area is 108 Å². The van der Waals surface area contributed by atoms with E-state index in [1.54, 1.807) is 0 Å². The van der Waals surface area contributed by atoms with Gasteiger partial charge in [-0.25, -0.2) is 0 Å². The van der Waals surface area contributed by atoms with Crippen molar-refractivity contribution >= 4 is 30.3 Å². The van der Waals surface area contributed by atoms with E-state index in [0.717, 1.165) is 26.2 Å². The summed E-state index contributed by atoms with van der Waals surface area (Å²) in [7, 11) is 0. The first-order chi connectivity index (χ1) is 7.61. The molecule has 3 nitrogen and oxygen atoms in total. The van der Waals surface area contributed by atoms with Crippen LogP contribution in [0.2, 0.25) is 0 Å². The van der Waals surface area contributed by atoms with E-state index >= 15 is 0 Å². The Balaban J connectivity index is 2.12. The molecule has 0 aliphatic carbocycles. The van der Waals surface area contributed by atoms with Crippen molar-refractivity contribution in [1.29, 1.82) is 0 Å². The number of hydrogen-bond donors (Lipinski definition) is 2. The Morgan fingerprint density at radius 1 is 1.44 bits per heavy atom. The summed E-state index contributed by atoms with van der Waals surface area (Å²) in [6, 6.07) is 0. The molecule has 1 N–H and O–H groups in total. The first kappa shape index (κ1) is 14.2. The van der Waals surface area contributed by atoms with Crippen molar-refractivity contribution < 1.29 is 4.79 Å². The zero-order valence-corrected chi connectivity index (χ0v) is 11.8. The van der Waals surface area contributed by atoms with Crippen molar-refractivity contribution in [2.45, 2.75) is 19.1 Å². The largest absolute Gasteiger partial charge is 0.354 e. The van der Waals surface area contributed by atoms with Gasteiger partial charge in [-0.2, -0.15) is 24.4 Å². The number of hydrogen-bond acceptors (Lipinski definition) is 4. The van der Waals surface area contributed by atoms with E-state index in [1.807, 2.05) is 25.6 Å². The van der Waals surface area contributed by atoms with Crippen molar-refractivity contribution in [2.75, 3.05) is 37.7 Å². The van der Waals surface area contributed by atoms with Crippen LogP contribution in [0.5, 0.6) is 0 Å². The summed E-state index contributed by atoms with van der Waals surface area (Å²) in [5.41, 5.74) is 0. The lowest BCUT2D eigenvalue weighted by atomic mass is 10.1. The summed E-state index contributed by atoms with van der Waals surface area (Å²) in [5.74, 6) is 2.78. The zero-order valence-electron chi connectivity index (χ0n) is 10.1. The van der Waals surface area contributed by atoms with Crippen molar-refractivity contribution in [1.82, 2.24) is 10.2 Å². The van der Waals surface area contributed by atoms with E-state index in [0.29, 0.717) is 0 Å². The van der Waals surface area contributed by atoms with Crippen LogP contribution in [0, 0.1) is 5.92 Å². The molecule has 1 unspecified atom stereocenters. The molecule has 1 heterocycles. The molecule has 1 aliphatic heterocycles. The van der Waals surface area contributed by atoms with E-state index < -0.39 is 0 Å². The molecule has 5 heteroatoms. The lowest BCUT2D eigenvalue weighted by molar-refractivity contribution is -0.121. The molecular weight excluding hydrogens is 240 g/mol. The molecular formula is C11H22N2OS2. The Morgan fingerprint density at radius 3 is 2.62 bits per heavy atom. The van der Waals surface area contributed by atoms with Crippen LogP contribution < -0.4 is 5.32 Å². The van der Waals surface area contributed by atoms with Crippen molar-refractivity contribution in [3.63, 3.8) is 0 Å². The van der Waals surface area contributed by atoms with Gasteiger partial charge in [0.25, 0.3) is 0 Å². The van der Waals surface area contributed by atoms with Gasteiger partial charge in [-0.15, -0.1) is 0 Å². The highest BCUT2D eigenvalue weighted by atomic mass is 32.2. The molecule has 0 aromatic carbocycles. The fraction of sp³-hybridized carbons (Fsp3) is 0.909. The number of carbonyl (C=O) groups excluding carboxylic acids is 1. The summed E-state index contributed by atoms with van der Waals surface area (Å²) in [6.07, 6.45) is 0. The van der Waals surface area contributed by atoms with Crippen LogP contribution >= 0.6 is 24.4 Å². The SMILES string of the molecule is CC(C)C(S)C(=O)NCCN1CCSCC1. The first-order valence-corrected chi connectivity index (χ1v) is 7.54. The lowest BCUT2D eigenvalue weighted by Gasteiger charge is -2.26. The van der Waals surface area contributed by atoms with Gasteiger partial charge in [0.15, 0.2) is 0 Å². The maximum absolute atomic E-state index is 11.6. The highest BCUT2D eigenvalue weighted by Gasteiger charge is 2.17. The minimum atomic E-state index is -0.183. The average Bonchev–Trinajstić information content (AvgIpc) is 2.29. The molecule has 1 saturated heterocycles. The monoisotopic (exact) mass is 262 g/mol. The maximum Gasteiger partial charge on any atom is 0.233 e. The van der Waals surface area contributed by atoms with Gasteiger partial charge in [0.05, 0.1) is 5.25 Å². The number of amides is 1. The van der Waals surface area contributed by atoms with Crippen LogP contribution in [-0.2, 0) is 4.79 Å². The molecule has 1 aliphatic rings. The Hall–Kier alpha value is 0.130. The molecule has 1 fully saturated rings. The summed E-state index contributed by atoms with van der Waals surface area (Å²) in [4.78, 5) is 14.0. The Morgan fingerprint density at radius 2 is 2.06 bits per heavy atom. The smallest absolute Gasteiger partial charge is 0.233 e. The second-order valence-corrected chi connectivity index (χ2v) is 6.21. The van der Waals surface area contributed by atoms with Crippen molar-refractivity contribution in [2.24, 2.45) is 5.92 Å².